The van der Waals surface area contributed by atoms with Crippen molar-refractivity contribution in [1.29, 1.82) is 0 Å². The van der Waals surface area contributed by atoms with Crippen LogP contribution in [0.25, 0.3) is 0 Å². The average Bonchev–Trinajstić information content (AvgIpc) is 2.58. The minimum Gasteiger partial charge on any atom is -0.383 e. The number of hydrogen-bond donors (Lipinski definition) is 2. The standard InChI is InChI=1S/C18H20Cl2N2O2/c1-24-11-10-21-12-17(23)22-18(13-2-6-15(19)7-3-13)14-4-8-16(20)9-5-14/h2-9,18,21H,10-12H2,1H3,(H,22,23). The summed E-state index contributed by atoms with van der Waals surface area (Å²) in [4.78, 5) is 12.2. The Balaban J connectivity index is 2.12. The maximum Gasteiger partial charge on any atom is 0.234 e. The molecule has 2 rings (SSSR count). The molecular formula is C18H20Cl2N2O2. The Morgan fingerprint density at radius 1 is 1.00 bits per heavy atom. The summed E-state index contributed by atoms with van der Waals surface area (Å²) in [6.07, 6.45) is 0. The van der Waals surface area contributed by atoms with Crippen LogP contribution in [-0.4, -0.2) is 32.7 Å². The van der Waals surface area contributed by atoms with Gasteiger partial charge in [0, 0.05) is 23.7 Å². The van der Waals surface area contributed by atoms with Crippen molar-refractivity contribution >= 4 is 29.1 Å². The van der Waals surface area contributed by atoms with Gasteiger partial charge in [0.25, 0.3) is 0 Å². The van der Waals surface area contributed by atoms with Crippen LogP contribution in [0, 0.1) is 0 Å². The molecule has 4 nitrogen and oxygen atoms in total. The van der Waals surface area contributed by atoms with Crippen molar-refractivity contribution in [2.75, 3.05) is 26.8 Å². The van der Waals surface area contributed by atoms with E-state index in [1.54, 1.807) is 7.11 Å². The summed E-state index contributed by atoms with van der Waals surface area (Å²) >= 11 is 11.9. The lowest BCUT2D eigenvalue weighted by Crippen LogP contribution is -2.37. The molecule has 1 amide bonds. The summed E-state index contributed by atoms with van der Waals surface area (Å²) < 4.78 is 4.95. The summed E-state index contributed by atoms with van der Waals surface area (Å²) in [5, 5.41) is 7.38. The number of rotatable bonds is 8. The third-order valence-corrected chi connectivity index (χ3v) is 3.98. The van der Waals surface area contributed by atoms with Gasteiger partial charge in [-0.15, -0.1) is 0 Å². The van der Waals surface area contributed by atoms with Gasteiger partial charge >= 0.3 is 0 Å². The fraction of sp³-hybridized carbons (Fsp3) is 0.278. The van der Waals surface area contributed by atoms with Gasteiger partial charge in [0.2, 0.25) is 5.91 Å². The first-order valence-electron chi connectivity index (χ1n) is 7.60. The maximum atomic E-state index is 12.2. The number of nitrogens with one attached hydrogen (secondary N) is 2. The first-order valence-corrected chi connectivity index (χ1v) is 8.35. The summed E-state index contributed by atoms with van der Waals surface area (Å²) in [6, 6.07) is 14.6. The van der Waals surface area contributed by atoms with Gasteiger partial charge < -0.3 is 15.4 Å². The lowest BCUT2D eigenvalue weighted by Gasteiger charge is -2.20. The quantitative estimate of drug-likeness (QED) is 0.703. The predicted molar refractivity (Wildman–Crippen MR) is 97.6 cm³/mol. The molecule has 0 fully saturated rings. The van der Waals surface area contributed by atoms with Gasteiger partial charge in [0.05, 0.1) is 19.2 Å². The van der Waals surface area contributed by atoms with Crippen LogP contribution in [0.3, 0.4) is 0 Å². The molecule has 0 aromatic heterocycles. The molecule has 0 spiro atoms. The van der Waals surface area contributed by atoms with Crippen molar-refractivity contribution in [2.45, 2.75) is 6.04 Å². The van der Waals surface area contributed by atoms with Gasteiger partial charge in [-0.05, 0) is 35.4 Å². The Hall–Kier alpha value is -1.59. The highest BCUT2D eigenvalue weighted by Crippen LogP contribution is 2.24. The molecule has 0 radical (unpaired) electrons. The number of amides is 1. The largest absolute Gasteiger partial charge is 0.383 e. The van der Waals surface area contributed by atoms with Crippen LogP contribution in [-0.2, 0) is 9.53 Å². The molecule has 2 aromatic carbocycles. The second-order valence-corrected chi connectivity index (χ2v) is 6.15. The van der Waals surface area contributed by atoms with Crippen molar-refractivity contribution in [1.82, 2.24) is 10.6 Å². The van der Waals surface area contributed by atoms with Gasteiger partial charge in [-0.1, -0.05) is 47.5 Å². The number of halogens is 2. The zero-order valence-electron chi connectivity index (χ0n) is 13.4. The molecule has 128 valence electrons. The van der Waals surface area contributed by atoms with Gasteiger partial charge in [0.1, 0.15) is 0 Å². The van der Waals surface area contributed by atoms with E-state index in [1.165, 1.54) is 0 Å². The molecule has 0 aliphatic carbocycles. The van der Waals surface area contributed by atoms with Crippen molar-refractivity contribution in [3.63, 3.8) is 0 Å². The van der Waals surface area contributed by atoms with Crippen LogP contribution < -0.4 is 10.6 Å². The van der Waals surface area contributed by atoms with Crippen LogP contribution in [0.4, 0.5) is 0 Å². The van der Waals surface area contributed by atoms with Gasteiger partial charge in [-0.25, -0.2) is 0 Å². The first-order chi connectivity index (χ1) is 11.6. The third kappa shape index (κ3) is 5.80. The first kappa shape index (κ1) is 18.7. The van der Waals surface area contributed by atoms with Gasteiger partial charge in [-0.2, -0.15) is 0 Å². The summed E-state index contributed by atoms with van der Waals surface area (Å²) in [5.41, 5.74) is 1.90. The van der Waals surface area contributed by atoms with E-state index < -0.39 is 0 Å². The van der Waals surface area contributed by atoms with Crippen molar-refractivity contribution in [2.24, 2.45) is 0 Å². The normalized spacial score (nSPS) is 10.8. The average molecular weight is 367 g/mol. The molecule has 0 saturated carbocycles. The van der Waals surface area contributed by atoms with E-state index in [0.717, 1.165) is 11.1 Å². The molecule has 6 heteroatoms. The van der Waals surface area contributed by atoms with Crippen LogP contribution >= 0.6 is 23.2 Å². The molecule has 0 aliphatic heterocycles. The summed E-state index contributed by atoms with van der Waals surface area (Å²) in [5.74, 6) is -0.0963. The summed E-state index contributed by atoms with van der Waals surface area (Å²) in [7, 11) is 1.62. The highest BCUT2D eigenvalue weighted by Gasteiger charge is 2.16. The smallest absolute Gasteiger partial charge is 0.234 e. The van der Waals surface area contributed by atoms with Crippen molar-refractivity contribution < 1.29 is 9.53 Å². The third-order valence-electron chi connectivity index (χ3n) is 3.48. The SMILES string of the molecule is COCCNCC(=O)NC(c1ccc(Cl)cc1)c1ccc(Cl)cc1. The Labute approximate surface area is 152 Å². The molecule has 0 heterocycles. The molecule has 24 heavy (non-hydrogen) atoms. The topological polar surface area (TPSA) is 50.4 Å². The molecule has 0 aliphatic rings. The van der Waals surface area contributed by atoms with Crippen LogP contribution in [0.1, 0.15) is 17.2 Å². The van der Waals surface area contributed by atoms with Gasteiger partial charge in [0.15, 0.2) is 0 Å². The minimum atomic E-state index is -0.267. The zero-order chi connectivity index (χ0) is 17.4. The summed E-state index contributed by atoms with van der Waals surface area (Å²) in [6.45, 7) is 1.41. The van der Waals surface area contributed by atoms with E-state index in [0.29, 0.717) is 23.2 Å². The number of hydrogen-bond acceptors (Lipinski definition) is 3. The van der Waals surface area contributed by atoms with E-state index in [2.05, 4.69) is 10.6 Å². The minimum absolute atomic E-state index is 0.0963. The van der Waals surface area contributed by atoms with Crippen molar-refractivity contribution in [3.05, 3.63) is 69.7 Å². The molecule has 0 unspecified atom stereocenters. The fourth-order valence-electron chi connectivity index (χ4n) is 2.26. The molecule has 0 bridgehead atoms. The van der Waals surface area contributed by atoms with Crippen LogP contribution in [0.15, 0.2) is 48.5 Å². The van der Waals surface area contributed by atoms with E-state index in [-0.39, 0.29) is 18.5 Å². The number of methoxy groups -OCH3 is 1. The van der Waals surface area contributed by atoms with E-state index in [9.17, 15) is 4.79 Å². The van der Waals surface area contributed by atoms with Crippen LogP contribution in [0.5, 0.6) is 0 Å². The Morgan fingerprint density at radius 3 is 1.96 bits per heavy atom. The molecule has 0 atom stereocenters. The monoisotopic (exact) mass is 366 g/mol. The van der Waals surface area contributed by atoms with E-state index in [4.69, 9.17) is 27.9 Å². The van der Waals surface area contributed by atoms with E-state index >= 15 is 0 Å². The number of benzene rings is 2. The molecule has 2 N–H and O–H groups in total. The maximum absolute atomic E-state index is 12.2. The number of carbonyl (C=O) groups is 1. The Morgan fingerprint density at radius 2 is 1.50 bits per heavy atom. The fourth-order valence-corrected chi connectivity index (χ4v) is 2.51. The molecular weight excluding hydrogens is 347 g/mol. The number of ether oxygens (including phenoxy) is 1. The lowest BCUT2D eigenvalue weighted by atomic mass is 9.98. The lowest BCUT2D eigenvalue weighted by molar-refractivity contribution is -0.120. The molecule has 0 saturated heterocycles. The zero-order valence-corrected chi connectivity index (χ0v) is 14.9. The second kappa shape index (κ2) is 9.64. The molecule has 2 aromatic rings. The Kier molecular flexibility index (Phi) is 7.53. The number of carbonyl (C=O) groups excluding carboxylic acids is 1. The van der Waals surface area contributed by atoms with Gasteiger partial charge in [-0.3, -0.25) is 4.79 Å². The second-order valence-electron chi connectivity index (χ2n) is 5.27. The van der Waals surface area contributed by atoms with E-state index in [1.807, 2.05) is 48.5 Å². The van der Waals surface area contributed by atoms with Crippen molar-refractivity contribution in [3.8, 4) is 0 Å². The predicted octanol–water partition coefficient (Wildman–Crippen LogP) is 3.44. The highest BCUT2D eigenvalue weighted by molar-refractivity contribution is 6.30. The highest BCUT2D eigenvalue weighted by atomic mass is 35.5. The Bertz CT molecular complexity index is 600. The van der Waals surface area contributed by atoms with Crippen LogP contribution in [0.2, 0.25) is 10.0 Å².